The number of ether oxygens (including phenoxy) is 2. The van der Waals surface area contributed by atoms with E-state index >= 15 is 0 Å². The lowest BCUT2D eigenvalue weighted by atomic mass is 10.1. The van der Waals surface area contributed by atoms with Gasteiger partial charge in [0.05, 0.1) is 36.4 Å². The zero-order chi connectivity index (χ0) is 18.6. The van der Waals surface area contributed by atoms with Gasteiger partial charge in [-0.15, -0.1) is 0 Å². The van der Waals surface area contributed by atoms with Crippen molar-refractivity contribution >= 4 is 32.6 Å². The molecule has 2 heterocycles. The fourth-order valence-electron chi connectivity index (χ4n) is 3.36. The zero-order valence-corrected chi connectivity index (χ0v) is 16.1. The second kappa shape index (κ2) is 8.06. The highest BCUT2D eigenvalue weighted by Gasteiger charge is 2.26. The molecule has 0 unspecified atom stereocenters. The Bertz CT molecular complexity index is 901. The lowest BCUT2D eigenvalue weighted by Crippen LogP contribution is -2.38. The van der Waals surface area contributed by atoms with Gasteiger partial charge in [0.25, 0.3) is 0 Å². The average molecular weight is 382 g/mol. The molecule has 0 N–H and O–H groups in total. The molecule has 0 saturated carbocycles. The topological polar surface area (TPSA) is 51.7 Å². The molecule has 1 aliphatic rings. The molecule has 0 spiro atoms. The number of carbonyl (C=O) groups excluding carboxylic acids is 1. The minimum atomic E-state index is 0.00839. The van der Waals surface area contributed by atoms with Crippen LogP contribution in [0.3, 0.4) is 0 Å². The smallest absolute Gasteiger partial charge is 0.233 e. The average Bonchev–Trinajstić information content (AvgIpc) is 3.35. The van der Waals surface area contributed by atoms with Crippen LogP contribution in [0.15, 0.2) is 48.5 Å². The van der Waals surface area contributed by atoms with Gasteiger partial charge in [0.2, 0.25) is 5.91 Å². The zero-order valence-electron chi connectivity index (χ0n) is 15.3. The predicted octanol–water partition coefficient (Wildman–Crippen LogP) is 4.06. The Morgan fingerprint density at radius 3 is 2.85 bits per heavy atom. The van der Waals surface area contributed by atoms with Crippen LogP contribution in [0.1, 0.15) is 18.4 Å². The van der Waals surface area contributed by atoms with Crippen molar-refractivity contribution < 1.29 is 14.3 Å². The summed E-state index contributed by atoms with van der Waals surface area (Å²) in [4.78, 5) is 19.7. The first-order chi connectivity index (χ1) is 13.2. The first-order valence-corrected chi connectivity index (χ1v) is 9.95. The number of methoxy groups -OCH3 is 1. The molecule has 1 amide bonds. The number of anilines is 1. The van der Waals surface area contributed by atoms with E-state index in [9.17, 15) is 4.79 Å². The third-order valence-electron chi connectivity index (χ3n) is 4.76. The fourth-order valence-corrected chi connectivity index (χ4v) is 4.35. The number of carbonyl (C=O) groups is 1. The largest absolute Gasteiger partial charge is 0.496 e. The molecule has 0 aliphatic carbocycles. The maximum Gasteiger partial charge on any atom is 0.233 e. The summed E-state index contributed by atoms with van der Waals surface area (Å²) >= 11 is 1.54. The highest BCUT2D eigenvalue weighted by atomic mass is 32.1. The summed E-state index contributed by atoms with van der Waals surface area (Å²) in [5, 5.41) is 0.728. The quantitative estimate of drug-likeness (QED) is 0.645. The minimum absolute atomic E-state index is 0.00839. The van der Waals surface area contributed by atoms with Crippen LogP contribution in [0.4, 0.5) is 5.13 Å². The molecule has 1 fully saturated rings. The molecule has 1 aliphatic heterocycles. The van der Waals surface area contributed by atoms with Gasteiger partial charge in [-0.05, 0) is 31.0 Å². The molecule has 1 aromatic heterocycles. The second-order valence-corrected chi connectivity index (χ2v) is 7.60. The number of hydrogen-bond acceptors (Lipinski definition) is 5. The number of fused-ring (bicyclic) bond motifs is 1. The van der Waals surface area contributed by atoms with E-state index in [1.165, 1.54) is 0 Å². The summed E-state index contributed by atoms with van der Waals surface area (Å²) in [7, 11) is 1.63. The first kappa shape index (κ1) is 17.9. The molecule has 6 heteroatoms. The normalized spacial score (nSPS) is 16.6. The Morgan fingerprint density at radius 1 is 1.26 bits per heavy atom. The van der Waals surface area contributed by atoms with E-state index in [0.29, 0.717) is 6.54 Å². The van der Waals surface area contributed by atoms with Crippen molar-refractivity contribution in [2.24, 2.45) is 0 Å². The highest BCUT2D eigenvalue weighted by Crippen LogP contribution is 2.30. The summed E-state index contributed by atoms with van der Waals surface area (Å²) in [6, 6.07) is 15.6. The molecule has 3 aromatic rings. The van der Waals surface area contributed by atoms with Gasteiger partial charge in [-0.2, -0.15) is 0 Å². The SMILES string of the molecule is COc1ccccc1CC(=O)N(C[C@H]1CCCO1)c1nc2ccccc2s1. The van der Waals surface area contributed by atoms with Crippen LogP contribution < -0.4 is 9.64 Å². The van der Waals surface area contributed by atoms with Crippen LogP contribution in [-0.2, 0) is 16.0 Å². The van der Waals surface area contributed by atoms with Gasteiger partial charge in [-0.3, -0.25) is 9.69 Å². The highest BCUT2D eigenvalue weighted by molar-refractivity contribution is 7.22. The maximum absolute atomic E-state index is 13.2. The Kier molecular flexibility index (Phi) is 5.36. The van der Waals surface area contributed by atoms with Crippen LogP contribution in [0.25, 0.3) is 10.2 Å². The van der Waals surface area contributed by atoms with E-state index in [4.69, 9.17) is 14.5 Å². The molecule has 5 nitrogen and oxygen atoms in total. The number of para-hydroxylation sites is 2. The van der Waals surface area contributed by atoms with Crippen molar-refractivity contribution in [3.05, 3.63) is 54.1 Å². The standard InChI is InChI=1S/C21H22N2O3S/c1-25-18-10-4-2-7-15(18)13-20(24)23(14-16-8-6-12-26-16)21-22-17-9-3-5-11-19(17)27-21/h2-5,7,9-11,16H,6,8,12-14H2,1H3/t16-/m1/s1. The molecular formula is C21H22N2O3S. The molecule has 27 heavy (non-hydrogen) atoms. The lowest BCUT2D eigenvalue weighted by molar-refractivity contribution is -0.118. The van der Waals surface area contributed by atoms with Crippen LogP contribution >= 0.6 is 11.3 Å². The van der Waals surface area contributed by atoms with Gasteiger partial charge in [-0.1, -0.05) is 41.7 Å². The Balaban J connectivity index is 1.63. The van der Waals surface area contributed by atoms with Crippen LogP contribution in [-0.4, -0.2) is 37.3 Å². The van der Waals surface area contributed by atoms with E-state index in [0.717, 1.165) is 46.1 Å². The van der Waals surface area contributed by atoms with Crippen LogP contribution in [0, 0.1) is 0 Å². The minimum Gasteiger partial charge on any atom is -0.496 e. The van der Waals surface area contributed by atoms with Crippen LogP contribution in [0.5, 0.6) is 5.75 Å². The summed E-state index contributed by atoms with van der Waals surface area (Å²) < 4.78 is 12.3. The third-order valence-corrected chi connectivity index (χ3v) is 5.82. The number of benzene rings is 2. The second-order valence-electron chi connectivity index (χ2n) is 6.59. The molecule has 1 atom stereocenters. The van der Waals surface area contributed by atoms with Crippen molar-refractivity contribution in [3.63, 3.8) is 0 Å². The van der Waals surface area contributed by atoms with Crippen LogP contribution in [0.2, 0.25) is 0 Å². The molecule has 4 rings (SSSR count). The van der Waals surface area contributed by atoms with Gasteiger partial charge in [0.1, 0.15) is 5.75 Å². The van der Waals surface area contributed by atoms with E-state index < -0.39 is 0 Å². The molecule has 1 saturated heterocycles. The van der Waals surface area contributed by atoms with E-state index in [1.807, 2.05) is 48.5 Å². The maximum atomic E-state index is 13.2. The number of nitrogens with zero attached hydrogens (tertiary/aromatic N) is 2. The predicted molar refractivity (Wildman–Crippen MR) is 108 cm³/mol. The van der Waals surface area contributed by atoms with Crippen molar-refractivity contribution in [1.82, 2.24) is 4.98 Å². The number of rotatable bonds is 6. The molecular weight excluding hydrogens is 360 g/mol. The van der Waals surface area contributed by atoms with E-state index in [-0.39, 0.29) is 18.4 Å². The van der Waals surface area contributed by atoms with E-state index in [2.05, 4.69) is 0 Å². The van der Waals surface area contributed by atoms with Gasteiger partial charge in [0, 0.05) is 12.2 Å². The number of hydrogen-bond donors (Lipinski definition) is 0. The molecule has 2 aromatic carbocycles. The van der Waals surface area contributed by atoms with Gasteiger partial charge in [0.15, 0.2) is 5.13 Å². The molecule has 0 bridgehead atoms. The molecule has 140 valence electrons. The van der Waals surface area contributed by atoms with Gasteiger partial charge < -0.3 is 9.47 Å². The number of aromatic nitrogens is 1. The van der Waals surface area contributed by atoms with Gasteiger partial charge >= 0.3 is 0 Å². The number of thiazole rings is 1. The van der Waals surface area contributed by atoms with Crippen molar-refractivity contribution in [3.8, 4) is 5.75 Å². The van der Waals surface area contributed by atoms with Gasteiger partial charge in [-0.25, -0.2) is 4.98 Å². The summed E-state index contributed by atoms with van der Waals surface area (Å²) in [6.07, 6.45) is 2.35. The fraction of sp³-hybridized carbons (Fsp3) is 0.333. The molecule has 0 radical (unpaired) electrons. The summed E-state index contributed by atoms with van der Waals surface area (Å²) in [5.41, 5.74) is 1.79. The summed E-state index contributed by atoms with van der Waals surface area (Å²) in [5.74, 6) is 0.737. The Labute approximate surface area is 162 Å². The number of amides is 1. The van der Waals surface area contributed by atoms with Crippen molar-refractivity contribution in [2.45, 2.75) is 25.4 Å². The summed E-state index contributed by atoms with van der Waals surface area (Å²) in [6.45, 7) is 1.30. The van der Waals surface area contributed by atoms with Crippen molar-refractivity contribution in [1.29, 1.82) is 0 Å². The van der Waals surface area contributed by atoms with Crippen molar-refractivity contribution in [2.75, 3.05) is 25.2 Å². The lowest BCUT2D eigenvalue weighted by Gasteiger charge is -2.23. The van der Waals surface area contributed by atoms with E-state index in [1.54, 1.807) is 23.3 Å². The third kappa shape index (κ3) is 3.96. The Morgan fingerprint density at radius 2 is 2.07 bits per heavy atom. The Hall–Kier alpha value is -2.44. The first-order valence-electron chi connectivity index (χ1n) is 9.14. The monoisotopic (exact) mass is 382 g/mol.